The molecule has 0 aromatic carbocycles. The molecule has 0 bridgehead atoms. The number of rotatable bonds is 2. The maximum atomic E-state index is 10.3. The highest BCUT2D eigenvalue weighted by Gasteiger charge is 2.48. The lowest BCUT2D eigenvalue weighted by Gasteiger charge is -2.19. The predicted octanol–water partition coefficient (Wildman–Crippen LogP) is 2.27. The minimum atomic E-state index is -0.734. The third-order valence-corrected chi connectivity index (χ3v) is 2.05. The summed E-state index contributed by atoms with van der Waals surface area (Å²) >= 11 is 0. The van der Waals surface area contributed by atoms with Gasteiger partial charge in [-0.1, -0.05) is 10.0 Å². The molecule has 0 aromatic heterocycles. The molecule has 0 N–H and O–H groups in total. The fraction of sp³-hybridized carbons (Fsp3) is 0.857. The van der Waals surface area contributed by atoms with Crippen LogP contribution in [0, 0.1) is 11.5 Å². The number of hydrogen-bond acceptors (Lipinski definition) is 2. The Morgan fingerprint density at radius 2 is 1.70 bits per heavy atom. The second-order valence-electron chi connectivity index (χ2n) is 3.34. The van der Waals surface area contributed by atoms with Crippen molar-refractivity contribution in [2.45, 2.75) is 38.8 Å². The minimum absolute atomic E-state index is 0.589. The van der Waals surface area contributed by atoms with E-state index in [4.69, 9.17) is 6.57 Å². The zero-order chi connectivity index (χ0) is 8.41. The van der Waals surface area contributed by atoms with Crippen LogP contribution < -0.4 is 0 Å². The largest absolute Gasteiger partial charge is 0.302 e. The van der Waals surface area contributed by atoms with Gasteiger partial charge in [0.15, 0.2) is 5.54 Å². The number of nitrogens with zero attached hydrogens (tertiary/aromatic N) is 2. The maximum Gasteiger partial charge on any atom is 0.302 e. The molecule has 0 unspecified atom stereocenters. The van der Waals surface area contributed by atoms with Crippen LogP contribution in [-0.2, 0) is 0 Å². The van der Waals surface area contributed by atoms with Gasteiger partial charge in [0, 0.05) is 13.8 Å². The van der Waals surface area contributed by atoms with Crippen molar-refractivity contribution >= 4 is 0 Å². The summed E-state index contributed by atoms with van der Waals surface area (Å²) in [5.74, 6) is 0. The standard InChI is InChI=1S/C7H13N2O/c1-6(2,8-5)7(3,4)9-10/h5H,1-4H3/q+1. The minimum Gasteiger partial charge on any atom is -0.150 e. The van der Waals surface area contributed by atoms with Gasteiger partial charge in [-0.15, -0.1) is 4.91 Å². The van der Waals surface area contributed by atoms with Gasteiger partial charge in [0.25, 0.3) is 6.57 Å². The first-order chi connectivity index (χ1) is 4.37. The Labute approximate surface area is 61.2 Å². The van der Waals surface area contributed by atoms with E-state index < -0.39 is 11.1 Å². The summed E-state index contributed by atoms with van der Waals surface area (Å²) in [6.07, 6.45) is 0. The van der Waals surface area contributed by atoms with Crippen LogP contribution in [0.15, 0.2) is 5.18 Å². The molecule has 0 saturated heterocycles. The lowest BCUT2D eigenvalue weighted by molar-refractivity contribution is 0.360. The van der Waals surface area contributed by atoms with Gasteiger partial charge < -0.3 is 0 Å². The van der Waals surface area contributed by atoms with Crippen molar-refractivity contribution in [3.8, 4) is 6.57 Å². The van der Waals surface area contributed by atoms with Crippen LogP contribution in [0.3, 0.4) is 0 Å². The zero-order valence-corrected chi connectivity index (χ0v) is 6.88. The molecule has 0 saturated carbocycles. The fourth-order valence-corrected chi connectivity index (χ4v) is 0.270. The Kier molecular flexibility index (Phi) is 2.16. The van der Waals surface area contributed by atoms with E-state index in [0.717, 1.165) is 0 Å². The molecule has 0 radical (unpaired) electrons. The van der Waals surface area contributed by atoms with Crippen LogP contribution in [0.1, 0.15) is 27.7 Å². The third-order valence-electron chi connectivity index (χ3n) is 2.05. The first-order valence-electron chi connectivity index (χ1n) is 3.14. The Balaban J connectivity index is 4.65. The molecule has 0 aromatic rings. The Morgan fingerprint density at radius 1 is 1.30 bits per heavy atom. The Morgan fingerprint density at radius 3 is 1.80 bits per heavy atom. The van der Waals surface area contributed by atoms with E-state index in [9.17, 15) is 4.91 Å². The Hall–Kier alpha value is -0.910. The van der Waals surface area contributed by atoms with Crippen molar-refractivity contribution in [2.24, 2.45) is 5.18 Å². The molecule has 10 heavy (non-hydrogen) atoms. The van der Waals surface area contributed by atoms with E-state index in [1.54, 1.807) is 27.7 Å². The Bertz CT molecular complexity index is 177. The van der Waals surface area contributed by atoms with Gasteiger partial charge in [-0.25, -0.2) is 0 Å². The lowest BCUT2D eigenvalue weighted by Crippen LogP contribution is -2.40. The smallest absolute Gasteiger partial charge is 0.150 e. The highest BCUT2D eigenvalue weighted by molar-refractivity contribution is 5.08. The molecule has 3 heteroatoms. The molecule has 56 valence electrons. The van der Waals surface area contributed by atoms with Gasteiger partial charge in [0.2, 0.25) is 0 Å². The van der Waals surface area contributed by atoms with Crippen molar-refractivity contribution in [3.63, 3.8) is 0 Å². The third kappa shape index (κ3) is 1.32. The average molecular weight is 141 g/mol. The summed E-state index contributed by atoms with van der Waals surface area (Å²) in [5.41, 5.74) is -1.32. The highest BCUT2D eigenvalue weighted by Crippen LogP contribution is 2.28. The molecule has 0 aliphatic heterocycles. The molecule has 0 aliphatic rings. The van der Waals surface area contributed by atoms with Gasteiger partial charge in [0.1, 0.15) is 0 Å². The van der Waals surface area contributed by atoms with Gasteiger partial charge >= 0.3 is 5.54 Å². The van der Waals surface area contributed by atoms with E-state index in [1.165, 1.54) is 0 Å². The molecule has 0 aliphatic carbocycles. The second kappa shape index (κ2) is 2.37. The molecule has 3 nitrogen and oxygen atoms in total. The quantitative estimate of drug-likeness (QED) is 0.543. The van der Waals surface area contributed by atoms with Crippen LogP contribution >= 0.6 is 0 Å². The molecular formula is C7H13N2O+. The van der Waals surface area contributed by atoms with Crippen LogP contribution in [0.25, 0.3) is 4.85 Å². The summed E-state index contributed by atoms with van der Waals surface area (Å²) < 4.78 is 0. The van der Waals surface area contributed by atoms with E-state index >= 15 is 0 Å². The van der Waals surface area contributed by atoms with Crippen molar-refractivity contribution in [1.29, 1.82) is 0 Å². The van der Waals surface area contributed by atoms with Crippen molar-refractivity contribution in [3.05, 3.63) is 9.75 Å². The van der Waals surface area contributed by atoms with E-state index in [2.05, 4.69) is 10.0 Å². The number of hydrogen-bond donors (Lipinski definition) is 0. The zero-order valence-electron chi connectivity index (χ0n) is 6.88. The summed E-state index contributed by atoms with van der Waals surface area (Å²) in [6.45, 7) is 12.0. The van der Waals surface area contributed by atoms with Crippen molar-refractivity contribution < 1.29 is 0 Å². The molecular weight excluding hydrogens is 128 g/mol. The van der Waals surface area contributed by atoms with Gasteiger partial charge in [-0.05, 0) is 13.8 Å². The molecule has 0 amide bonds. The fourth-order valence-electron chi connectivity index (χ4n) is 0.270. The van der Waals surface area contributed by atoms with Gasteiger partial charge in [-0.3, -0.25) is 0 Å². The first-order valence-corrected chi connectivity index (χ1v) is 3.14. The van der Waals surface area contributed by atoms with Gasteiger partial charge in [-0.2, -0.15) is 0 Å². The molecule has 0 heterocycles. The first kappa shape index (κ1) is 9.09. The molecule has 0 atom stereocenters. The van der Waals surface area contributed by atoms with Gasteiger partial charge in [0.05, 0.1) is 0 Å². The topological polar surface area (TPSA) is 33.8 Å². The summed E-state index contributed by atoms with van der Waals surface area (Å²) in [5, 5.41) is 2.94. The van der Waals surface area contributed by atoms with E-state index in [-0.39, 0.29) is 0 Å². The summed E-state index contributed by atoms with van der Waals surface area (Å²) in [6, 6.07) is 0. The predicted molar refractivity (Wildman–Crippen MR) is 42.3 cm³/mol. The maximum absolute atomic E-state index is 10.3. The monoisotopic (exact) mass is 141 g/mol. The van der Waals surface area contributed by atoms with E-state index in [1.807, 2.05) is 0 Å². The van der Waals surface area contributed by atoms with Crippen LogP contribution in [0.4, 0.5) is 0 Å². The highest BCUT2D eigenvalue weighted by atomic mass is 16.3. The average Bonchev–Trinajstić information content (AvgIpc) is 1.88. The molecule has 0 fully saturated rings. The van der Waals surface area contributed by atoms with E-state index in [0.29, 0.717) is 0 Å². The lowest BCUT2D eigenvalue weighted by atomic mass is 9.84. The SMILES string of the molecule is C#[N+]C(C)(C)C(C)(C)N=O. The summed E-state index contributed by atoms with van der Waals surface area (Å²) in [7, 11) is 0. The second-order valence-corrected chi connectivity index (χ2v) is 3.34. The van der Waals surface area contributed by atoms with Crippen molar-refractivity contribution in [1.82, 2.24) is 0 Å². The molecule has 0 spiro atoms. The van der Waals surface area contributed by atoms with Crippen molar-refractivity contribution in [2.75, 3.05) is 0 Å². The molecule has 0 rings (SSSR count). The van der Waals surface area contributed by atoms with Crippen LogP contribution in [-0.4, -0.2) is 11.1 Å². The number of nitroso groups, excluding NO2 is 1. The summed E-state index contributed by atoms with van der Waals surface area (Å²) in [4.78, 5) is 13.8. The van der Waals surface area contributed by atoms with Crippen LogP contribution in [0.2, 0.25) is 0 Å². The normalized spacial score (nSPS) is 12.3. The van der Waals surface area contributed by atoms with Crippen LogP contribution in [0.5, 0.6) is 0 Å².